The Balaban J connectivity index is 4.01. The molecule has 0 saturated carbocycles. The maximum Gasteiger partial charge on any atom is 0.181 e. The molecule has 1 unspecified atom stereocenters. The van der Waals surface area contributed by atoms with Crippen LogP contribution in [0.3, 0.4) is 0 Å². The molecule has 0 saturated heterocycles. The fourth-order valence-corrected chi connectivity index (χ4v) is 1.53. The maximum atomic E-state index is 12.5. The highest BCUT2D eigenvalue weighted by Gasteiger charge is 2.37. The normalized spacial score (nSPS) is 16.3. The Morgan fingerprint density at radius 1 is 1.11 bits per heavy atom. The Morgan fingerprint density at radius 2 is 1.44 bits per heavy atom. The summed E-state index contributed by atoms with van der Waals surface area (Å²) in [5.41, 5.74) is 0. The van der Waals surface area contributed by atoms with Crippen LogP contribution in [-0.2, 0) is 0 Å². The molecular weight excluding hydrogens is 455 g/mol. The Bertz CT molecular complexity index is 80.2. The van der Waals surface area contributed by atoms with E-state index in [1.807, 2.05) is 0 Å². The van der Waals surface area contributed by atoms with Crippen LogP contribution in [0.2, 0.25) is 0 Å². The third-order valence-electron chi connectivity index (χ3n) is 0.582. The van der Waals surface area contributed by atoms with E-state index in [4.69, 9.17) is 0 Å². The molecule has 0 aliphatic carbocycles. The minimum atomic E-state index is -1.16. The molecule has 0 spiro atoms. The molecule has 1 atom stereocenters. The lowest BCUT2D eigenvalue weighted by Crippen LogP contribution is -2.27. The second kappa shape index (κ2) is 4.38. The molecule has 0 nitrogen and oxygen atoms in total. The van der Waals surface area contributed by atoms with Crippen LogP contribution in [0.25, 0.3) is 0 Å². The molecule has 0 rings (SSSR count). The van der Waals surface area contributed by atoms with Crippen LogP contribution in [-0.4, -0.2) is 12.1 Å². The monoisotopic (exact) mass is 452 g/mol. The Hall–Kier alpha value is 2.33. The number of alkyl halides is 6. The highest BCUT2D eigenvalue weighted by atomic mass is 79.9. The van der Waals surface area contributed by atoms with E-state index in [2.05, 4.69) is 79.6 Å². The SMILES string of the molecule is FC(Br)C(Br)(Br)C(Br)Br. The summed E-state index contributed by atoms with van der Waals surface area (Å²) in [7, 11) is 0. The summed E-state index contributed by atoms with van der Waals surface area (Å²) in [5.74, 6) is 0. The van der Waals surface area contributed by atoms with Gasteiger partial charge in [-0.1, -0.05) is 63.7 Å². The van der Waals surface area contributed by atoms with E-state index < -0.39 is 8.31 Å². The highest BCUT2D eigenvalue weighted by Crippen LogP contribution is 2.44. The first kappa shape index (κ1) is 11.3. The fraction of sp³-hybridized carbons (Fsp3) is 1.00. The van der Waals surface area contributed by atoms with E-state index in [0.717, 1.165) is 0 Å². The van der Waals surface area contributed by atoms with Crippen LogP contribution < -0.4 is 0 Å². The van der Waals surface area contributed by atoms with Gasteiger partial charge in [-0.3, -0.25) is 0 Å². The van der Waals surface area contributed by atoms with Crippen molar-refractivity contribution in [2.24, 2.45) is 0 Å². The minimum Gasteiger partial charge on any atom is -0.232 e. The fourth-order valence-electron chi connectivity index (χ4n) is 0.0952. The molecule has 0 aromatic rings. The van der Waals surface area contributed by atoms with E-state index in [9.17, 15) is 4.39 Å². The maximum absolute atomic E-state index is 12.5. The molecule has 0 aliphatic heterocycles. The molecule has 0 fully saturated rings. The summed E-state index contributed by atoms with van der Waals surface area (Å²) in [6.07, 6.45) is 0. The van der Waals surface area contributed by atoms with Crippen molar-refractivity contribution in [3.8, 4) is 0 Å². The Kier molecular flexibility index (Phi) is 5.51. The molecule has 0 aromatic heterocycles. The van der Waals surface area contributed by atoms with Crippen LogP contribution in [0, 0.1) is 0 Å². The zero-order chi connectivity index (χ0) is 7.65. The van der Waals surface area contributed by atoms with E-state index in [1.54, 1.807) is 0 Å². The molecule has 56 valence electrons. The first-order chi connectivity index (χ1) is 3.89. The first-order valence-corrected chi connectivity index (χ1v) is 6.16. The van der Waals surface area contributed by atoms with Gasteiger partial charge >= 0.3 is 0 Å². The van der Waals surface area contributed by atoms with Gasteiger partial charge in [-0.2, -0.15) is 0 Å². The van der Waals surface area contributed by atoms with Crippen molar-refractivity contribution in [3.63, 3.8) is 0 Å². The third kappa shape index (κ3) is 3.49. The van der Waals surface area contributed by atoms with Crippen molar-refractivity contribution >= 4 is 79.6 Å². The number of halogens is 6. The summed E-state index contributed by atoms with van der Waals surface area (Å²) in [6, 6.07) is 0. The number of rotatable bonds is 2. The summed E-state index contributed by atoms with van der Waals surface area (Å²) < 4.78 is 11.5. The van der Waals surface area contributed by atoms with Crippen LogP contribution in [0.4, 0.5) is 4.39 Å². The molecule has 0 N–H and O–H groups in total. The second-order valence-electron chi connectivity index (χ2n) is 1.28. The van der Waals surface area contributed by atoms with E-state index >= 15 is 0 Å². The predicted molar refractivity (Wildman–Crippen MR) is 56.1 cm³/mol. The molecule has 0 aliphatic rings. The molecule has 0 amide bonds. The average molecular weight is 457 g/mol. The van der Waals surface area contributed by atoms with Crippen LogP contribution in [0.15, 0.2) is 0 Å². The highest BCUT2D eigenvalue weighted by molar-refractivity contribution is 9.30. The molecule has 9 heavy (non-hydrogen) atoms. The van der Waals surface area contributed by atoms with E-state index in [1.165, 1.54) is 0 Å². The predicted octanol–water partition coefficient (Wildman–Crippen LogP) is 4.28. The van der Waals surface area contributed by atoms with Gasteiger partial charge in [0.05, 0.1) is 3.74 Å². The van der Waals surface area contributed by atoms with Gasteiger partial charge in [-0.05, 0) is 15.9 Å². The topological polar surface area (TPSA) is 0 Å². The van der Waals surface area contributed by atoms with Gasteiger partial charge in [-0.15, -0.1) is 0 Å². The van der Waals surface area contributed by atoms with Crippen molar-refractivity contribution < 1.29 is 4.39 Å². The van der Waals surface area contributed by atoms with Gasteiger partial charge in [0.2, 0.25) is 0 Å². The van der Waals surface area contributed by atoms with Crippen LogP contribution >= 0.6 is 79.6 Å². The smallest absolute Gasteiger partial charge is 0.181 e. The molecular formula is C3H2Br5F. The molecule has 0 aromatic carbocycles. The van der Waals surface area contributed by atoms with Gasteiger partial charge in [0.15, 0.2) is 5.08 Å². The van der Waals surface area contributed by atoms with Crippen molar-refractivity contribution in [2.75, 3.05) is 0 Å². The lowest BCUT2D eigenvalue weighted by Gasteiger charge is -2.21. The Labute approximate surface area is 95.0 Å². The summed E-state index contributed by atoms with van der Waals surface area (Å²) in [6.45, 7) is 0. The van der Waals surface area contributed by atoms with Crippen molar-refractivity contribution in [2.45, 2.75) is 12.1 Å². The summed E-state index contributed by atoms with van der Waals surface area (Å²) >= 11 is 15.3. The number of hydrogen-bond donors (Lipinski definition) is 0. The summed E-state index contributed by atoms with van der Waals surface area (Å²) in [4.78, 5) is 0. The summed E-state index contributed by atoms with van der Waals surface area (Å²) in [5, 5.41) is -1.16. The van der Waals surface area contributed by atoms with Crippen molar-refractivity contribution in [1.29, 1.82) is 0 Å². The molecule has 0 heterocycles. The quantitative estimate of drug-likeness (QED) is 0.544. The minimum absolute atomic E-state index is 0.174. The van der Waals surface area contributed by atoms with Gasteiger partial charge in [0.25, 0.3) is 0 Å². The average Bonchev–Trinajstić information content (AvgIpc) is 1.65. The molecule has 6 heteroatoms. The van der Waals surface area contributed by atoms with E-state index in [-0.39, 0.29) is 3.74 Å². The third-order valence-corrected chi connectivity index (χ3v) is 8.15. The number of hydrogen-bond acceptors (Lipinski definition) is 0. The van der Waals surface area contributed by atoms with Gasteiger partial charge < -0.3 is 0 Å². The molecule has 0 radical (unpaired) electrons. The van der Waals surface area contributed by atoms with Crippen LogP contribution in [0.5, 0.6) is 0 Å². The van der Waals surface area contributed by atoms with Gasteiger partial charge in [-0.25, -0.2) is 4.39 Å². The van der Waals surface area contributed by atoms with Gasteiger partial charge in [0.1, 0.15) is 3.23 Å². The van der Waals surface area contributed by atoms with Crippen molar-refractivity contribution in [1.82, 2.24) is 0 Å². The standard InChI is InChI=1S/C3H2Br5F/c4-1(5)3(7,8)2(6)9/h1-2H. The lowest BCUT2D eigenvalue weighted by atomic mass is 10.5. The zero-order valence-corrected chi connectivity index (χ0v) is 11.9. The van der Waals surface area contributed by atoms with Crippen molar-refractivity contribution in [3.05, 3.63) is 0 Å². The Morgan fingerprint density at radius 3 is 1.44 bits per heavy atom. The lowest BCUT2D eigenvalue weighted by molar-refractivity contribution is 0.451. The van der Waals surface area contributed by atoms with Crippen LogP contribution in [0.1, 0.15) is 0 Å². The second-order valence-corrected chi connectivity index (χ2v) is 8.83. The van der Waals surface area contributed by atoms with Gasteiger partial charge in [0, 0.05) is 0 Å². The van der Waals surface area contributed by atoms with E-state index in [0.29, 0.717) is 0 Å². The zero-order valence-electron chi connectivity index (χ0n) is 3.92. The first-order valence-electron chi connectivity index (χ1n) is 1.83. The molecule has 0 bridgehead atoms. The largest absolute Gasteiger partial charge is 0.232 e.